The maximum atomic E-state index is 14.0. The number of amides is 2. The van der Waals surface area contributed by atoms with Crippen LogP contribution in [0.15, 0.2) is 36.4 Å². The molecule has 9 heteroatoms. The van der Waals surface area contributed by atoms with Gasteiger partial charge in [0.05, 0.1) is 24.3 Å². The summed E-state index contributed by atoms with van der Waals surface area (Å²) in [6.07, 6.45) is -1.44. The number of nitrogens with one attached hydrogen (secondary N) is 1. The number of aliphatic hydroxyl groups excluding tert-OH is 1. The molecule has 2 aromatic rings. The highest BCUT2D eigenvalue weighted by molar-refractivity contribution is 5.86. The molecule has 33 heavy (non-hydrogen) atoms. The lowest BCUT2D eigenvalue weighted by molar-refractivity contribution is -0.126. The number of β-amino-alcohol motifs (C(OH)–C–C–N with tert-alkyl or cyclic N) is 1. The van der Waals surface area contributed by atoms with Crippen molar-refractivity contribution in [2.45, 2.75) is 57.9 Å². The number of carbonyl (C=O) groups is 2. The first kappa shape index (κ1) is 24.6. The number of hydrogen-bond acceptors (Lipinski definition) is 4. The van der Waals surface area contributed by atoms with Crippen LogP contribution in [0.1, 0.15) is 45.7 Å². The van der Waals surface area contributed by atoms with Gasteiger partial charge in [-0.1, -0.05) is 24.3 Å². The first-order chi connectivity index (χ1) is 15.4. The van der Waals surface area contributed by atoms with Crippen LogP contribution in [0.5, 0.6) is 0 Å². The van der Waals surface area contributed by atoms with E-state index in [-0.39, 0.29) is 24.1 Å². The van der Waals surface area contributed by atoms with Crippen molar-refractivity contribution in [3.63, 3.8) is 0 Å². The minimum absolute atomic E-state index is 0.00905. The molecule has 0 aliphatic carbocycles. The van der Waals surface area contributed by atoms with Crippen LogP contribution in [0.2, 0.25) is 0 Å². The topological polar surface area (TPSA) is 78.9 Å². The number of likely N-dealkylation sites (tertiary alicyclic amines) is 1. The number of nitrogens with zero attached hydrogens (tertiary/aromatic N) is 1. The van der Waals surface area contributed by atoms with Gasteiger partial charge in [-0.05, 0) is 38.8 Å². The molecule has 0 unspecified atom stereocenters. The molecule has 2 aromatic carbocycles. The van der Waals surface area contributed by atoms with Crippen molar-refractivity contribution in [3.8, 4) is 11.1 Å². The minimum Gasteiger partial charge on any atom is -0.444 e. The summed E-state index contributed by atoms with van der Waals surface area (Å²) in [6, 6.07) is 5.98. The van der Waals surface area contributed by atoms with E-state index >= 15 is 0 Å². The molecule has 0 radical (unpaired) electrons. The van der Waals surface area contributed by atoms with Gasteiger partial charge in [0, 0.05) is 18.6 Å². The Morgan fingerprint density at radius 1 is 1.12 bits per heavy atom. The van der Waals surface area contributed by atoms with Crippen molar-refractivity contribution < 1.29 is 32.6 Å². The van der Waals surface area contributed by atoms with Crippen LogP contribution in [0.3, 0.4) is 0 Å². The van der Waals surface area contributed by atoms with E-state index in [1.54, 1.807) is 39.8 Å². The largest absolute Gasteiger partial charge is 0.444 e. The van der Waals surface area contributed by atoms with Crippen LogP contribution in [-0.4, -0.2) is 46.3 Å². The zero-order valence-corrected chi connectivity index (χ0v) is 18.9. The Bertz CT molecular complexity index is 1010. The second-order valence-corrected chi connectivity index (χ2v) is 9.13. The zero-order chi connectivity index (χ0) is 24.5. The van der Waals surface area contributed by atoms with Gasteiger partial charge >= 0.3 is 6.09 Å². The van der Waals surface area contributed by atoms with Gasteiger partial charge in [-0.25, -0.2) is 18.0 Å². The fourth-order valence-electron chi connectivity index (χ4n) is 3.73. The van der Waals surface area contributed by atoms with Gasteiger partial charge in [0.2, 0.25) is 5.91 Å². The van der Waals surface area contributed by atoms with Crippen LogP contribution in [0, 0.1) is 17.5 Å². The molecule has 1 aliphatic heterocycles. The molecule has 1 saturated heterocycles. The minimum atomic E-state index is -1.01. The third-order valence-electron chi connectivity index (χ3n) is 5.27. The monoisotopic (exact) mass is 464 g/mol. The van der Waals surface area contributed by atoms with Gasteiger partial charge in [0.15, 0.2) is 0 Å². The number of benzene rings is 2. The highest BCUT2D eigenvalue weighted by atomic mass is 19.1. The van der Waals surface area contributed by atoms with E-state index in [0.29, 0.717) is 17.7 Å². The number of carbonyl (C=O) groups excluding carboxylic acids is 2. The van der Waals surface area contributed by atoms with Crippen LogP contribution in [0.4, 0.5) is 18.0 Å². The molecule has 2 amide bonds. The molecule has 1 aliphatic rings. The molecule has 1 heterocycles. The van der Waals surface area contributed by atoms with Crippen molar-refractivity contribution in [2.75, 3.05) is 6.54 Å². The number of rotatable bonds is 4. The smallest absolute Gasteiger partial charge is 0.411 e. The van der Waals surface area contributed by atoms with Crippen LogP contribution in [-0.2, 0) is 9.53 Å². The van der Waals surface area contributed by atoms with Crippen LogP contribution < -0.4 is 5.32 Å². The zero-order valence-electron chi connectivity index (χ0n) is 18.9. The average molecular weight is 464 g/mol. The molecule has 1 fully saturated rings. The number of hydrogen-bond donors (Lipinski definition) is 2. The maximum absolute atomic E-state index is 14.0. The van der Waals surface area contributed by atoms with Crippen molar-refractivity contribution in [1.82, 2.24) is 10.2 Å². The van der Waals surface area contributed by atoms with E-state index in [2.05, 4.69) is 5.32 Å². The Labute approximate surface area is 190 Å². The third-order valence-corrected chi connectivity index (χ3v) is 5.27. The van der Waals surface area contributed by atoms with Crippen molar-refractivity contribution >= 4 is 12.0 Å². The molecule has 3 atom stereocenters. The molecule has 0 bridgehead atoms. The van der Waals surface area contributed by atoms with Crippen molar-refractivity contribution in [3.05, 3.63) is 59.4 Å². The summed E-state index contributed by atoms with van der Waals surface area (Å²) in [6.45, 7) is 6.84. The van der Waals surface area contributed by atoms with E-state index in [4.69, 9.17) is 4.74 Å². The molecule has 2 N–H and O–H groups in total. The summed E-state index contributed by atoms with van der Waals surface area (Å²) >= 11 is 0. The van der Waals surface area contributed by atoms with Gasteiger partial charge < -0.3 is 15.2 Å². The second kappa shape index (κ2) is 9.43. The molecule has 3 rings (SSSR count). The molecule has 178 valence electrons. The Balaban J connectivity index is 1.71. The van der Waals surface area contributed by atoms with Crippen molar-refractivity contribution in [1.29, 1.82) is 0 Å². The molecular weight excluding hydrogens is 437 g/mol. The average Bonchev–Trinajstić information content (AvgIpc) is 3.08. The van der Waals surface area contributed by atoms with E-state index in [0.717, 1.165) is 0 Å². The maximum Gasteiger partial charge on any atom is 0.411 e. The number of aliphatic hydroxyl groups is 1. The molecule has 0 saturated carbocycles. The van der Waals surface area contributed by atoms with E-state index in [1.165, 1.54) is 17.0 Å². The molecule has 0 spiro atoms. The lowest BCUT2D eigenvalue weighted by Crippen LogP contribution is -2.48. The highest BCUT2D eigenvalue weighted by Gasteiger charge is 2.41. The number of halogens is 3. The Morgan fingerprint density at radius 3 is 2.24 bits per heavy atom. The fourth-order valence-corrected chi connectivity index (χ4v) is 3.73. The number of ether oxygens (including phenoxy) is 1. The van der Waals surface area contributed by atoms with E-state index in [9.17, 15) is 27.9 Å². The summed E-state index contributed by atoms with van der Waals surface area (Å²) in [5.41, 5.74) is -0.211. The summed E-state index contributed by atoms with van der Waals surface area (Å²) in [4.78, 5) is 26.5. The lowest BCUT2D eigenvalue weighted by atomic mass is 10.00. The van der Waals surface area contributed by atoms with Crippen LogP contribution >= 0.6 is 0 Å². The lowest BCUT2D eigenvalue weighted by Gasteiger charge is -2.28. The van der Waals surface area contributed by atoms with Crippen molar-refractivity contribution in [2.24, 2.45) is 0 Å². The predicted octanol–water partition coefficient (Wildman–Crippen LogP) is 4.32. The van der Waals surface area contributed by atoms with E-state index < -0.39 is 53.2 Å². The van der Waals surface area contributed by atoms with Gasteiger partial charge in [0.1, 0.15) is 29.1 Å². The fraction of sp³-hybridized carbons (Fsp3) is 0.417. The summed E-state index contributed by atoms with van der Waals surface area (Å²) in [5, 5.41) is 12.8. The quantitative estimate of drug-likeness (QED) is 0.707. The van der Waals surface area contributed by atoms with Crippen LogP contribution in [0.25, 0.3) is 11.1 Å². The summed E-state index contributed by atoms with van der Waals surface area (Å²) < 4.78 is 46.6. The Morgan fingerprint density at radius 2 is 1.70 bits per heavy atom. The molecule has 6 nitrogen and oxygen atoms in total. The first-order valence-corrected chi connectivity index (χ1v) is 10.6. The van der Waals surface area contributed by atoms with E-state index in [1.807, 2.05) is 0 Å². The SMILES string of the molecule is C[C@H](NC(=O)[C@@H]1C[C@@H](O)CN1C(=O)OC(C)(C)C)c1ccc(-c2c(F)cc(F)cc2F)cc1. The third kappa shape index (κ3) is 5.84. The normalized spacial score (nSPS) is 19.3. The summed E-state index contributed by atoms with van der Waals surface area (Å²) in [7, 11) is 0. The van der Waals surface area contributed by atoms with Gasteiger partial charge in [-0.2, -0.15) is 0 Å². The molecule has 0 aromatic heterocycles. The van der Waals surface area contributed by atoms with Gasteiger partial charge in [-0.3, -0.25) is 9.69 Å². The second-order valence-electron chi connectivity index (χ2n) is 9.13. The highest BCUT2D eigenvalue weighted by Crippen LogP contribution is 2.28. The van der Waals surface area contributed by atoms with Gasteiger partial charge in [0.25, 0.3) is 0 Å². The Kier molecular flexibility index (Phi) is 7.02. The standard InChI is InChI=1S/C24H27F3N2O4/c1-13(14-5-7-15(8-6-14)21-18(26)9-16(25)10-19(21)27)28-22(31)20-11-17(30)12-29(20)23(32)33-24(2,3)4/h5-10,13,17,20,30H,11-12H2,1-4H3,(H,28,31)/t13-,17+,20-/m0/s1. The van der Waals surface area contributed by atoms with Gasteiger partial charge in [-0.15, -0.1) is 0 Å². The predicted molar refractivity (Wildman–Crippen MR) is 116 cm³/mol. The molecular formula is C24H27F3N2O4. The summed E-state index contributed by atoms with van der Waals surface area (Å²) in [5.74, 6) is -3.48. The first-order valence-electron chi connectivity index (χ1n) is 10.6. The Hall–Kier alpha value is -3.07.